The molecule has 1 unspecified atom stereocenters. The minimum atomic E-state index is 0.388. The van der Waals surface area contributed by atoms with E-state index in [2.05, 4.69) is 42.2 Å². The SMILES string of the molecule is Cc1cc(C(C)NCCc2ncn(C)n2)c(C)s1. The van der Waals surface area contributed by atoms with E-state index in [4.69, 9.17) is 0 Å². The molecule has 2 heterocycles. The molecular weight excluding hydrogens is 244 g/mol. The first-order valence-corrected chi connectivity index (χ1v) is 7.02. The van der Waals surface area contributed by atoms with Crippen molar-refractivity contribution < 1.29 is 0 Å². The van der Waals surface area contributed by atoms with Gasteiger partial charge in [0.05, 0.1) is 0 Å². The van der Waals surface area contributed by atoms with E-state index in [0.29, 0.717) is 6.04 Å². The Morgan fingerprint density at radius 3 is 2.78 bits per heavy atom. The predicted octanol–water partition coefficient (Wildman–Crippen LogP) is 2.39. The highest BCUT2D eigenvalue weighted by Gasteiger charge is 2.10. The van der Waals surface area contributed by atoms with Crippen LogP contribution >= 0.6 is 11.3 Å². The number of rotatable bonds is 5. The molecule has 0 aliphatic heterocycles. The number of aryl methyl sites for hydroxylation is 3. The van der Waals surface area contributed by atoms with Crippen LogP contribution < -0.4 is 5.32 Å². The largest absolute Gasteiger partial charge is 0.310 e. The Labute approximate surface area is 112 Å². The van der Waals surface area contributed by atoms with Crippen molar-refractivity contribution >= 4 is 11.3 Å². The van der Waals surface area contributed by atoms with Crippen LogP contribution in [0, 0.1) is 13.8 Å². The highest BCUT2D eigenvalue weighted by molar-refractivity contribution is 7.12. The van der Waals surface area contributed by atoms with Gasteiger partial charge in [-0.3, -0.25) is 4.68 Å². The van der Waals surface area contributed by atoms with Crippen molar-refractivity contribution in [1.29, 1.82) is 0 Å². The number of aromatic nitrogens is 3. The molecule has 2 aromatic rings. The molecular formula is C13H20N4S. The van der Waals surface area contributed by atoms with E-state index in [1.165, 1.54) is 15.3 Å². The van der Waals surface area contributed by atoms with Crippen molar-refractivity contribution in [3.05, 3.63) is 33.5 Å². The third-order valence-electron chi connectivity index (χ3n) is 2.99. The molecule has 0 bridgehead atoms. The van der Waals surface area contributed by atoms with Crippen molar-refractivity contribution in [2.24, 2.45) is 7.05 Å². The number of nitrogens with zero attached hydrogens (tertiary/aromatic N) is 3. The summed E-state index contributed by atoms with van der Waals surface area (Å²) in [7, 11) is 1.89. The molecule has 0 amide bonds. The van der Waals surface area contributed by atoms with Crippen molar-refractivity contribution in [3.8, 4) is 0 Å². The Kier molecular flexibility index (Phi) is 4.14. The Balaban J connectivity index is 1.85. The summed E-state index contributed by atoms with van der Waals surface area (Å²) in [6, 6.07) is 2.66. The average molecular weight is 264 g/mol. The van der Waals surface area contributed by atoms with Crippen LogP contribution in [-0.2, 0) is 13.5 Å². The van der Waals surface area contributed by atoms with Crippen LogP contribution in [0.25, 0.3) is 0 Å². The van der Waals surface area contributed by atoms with Crippen LogP contribution in [0.1, 0.15) is 34.1 Å². The first-order chi connectivity index (χ1) is 8.56. The van der Waals surface area contributed by atoms with Gasteiger partial charge in [-0.1, -0.05) is 0 Å². The molecule has 0 fully saturated rings. The Morgan fingerprint density at radius 1 is 1.44 bits per heavy atom. The minimum absolute atomic E-state index is 0.388. The molecule has 18 heavy (non-hydrogen) atoms. The fourth-order valence-electron chi connectivity index (χ4n) is 2.09. The van der Waals surface area contributed by atoms with Crippen molar-refractivity contribution in [2.75, 3.05) is 6.54 Å². The zero-order valence-corrected chi connectivity index (χ0v) is 12.2. The number of thiophene rings is 1. The summed E-state index contributed by atoms with van der Waals surface area (Å²) >= 11 is 1.86. The molecule has 4 nitrogen and oxygen atoms in total. The highest BCUT2D eigenvalue weighted by Crippen LogP contribution is 2.25. The van der Waals surface area contributed by atoms with Gasteiger partial charge >= 0.3 is 0 Å². The summed E-state index contributed by atoms with van der Waals surface area (Å²) in [6.07, 6.45) is 2.61. The van der Waals surface area contributed by atoms with Gasteiger partial charge in [0.1, 0.15) is 6.33 Å². The normalized spacial score (nSPS) is 12.9. The monoisotopic (exact) mass is 264 g/mol. The zero-order valence-electron chi connectivity index (χ0n) is 11.4. The van der Waals surface area contributed by atoms with Crippen LogP contribution in [0.15, 0.2) is 12.4 Å². The maximum atomic E-state index is 4.27. The first-order valence-electron chi connectivity index (χ1n) is 6.21. The molecule has 0 saturated heterocycles. The quantitative estimate of drug-likeness (QED) is 0.901. The van der Waals surface area contributed by atoms with Crippen molar-refractivity contribution in [2.45, 2.75) is 33.2 Å². The second-order valence-corrected chi connectivity index (χ2v) is 6.09. The predicted molar refractivity (Wildman–Crippen MR) is 74.9 cm³/mol. The van der Waals surface area contributed by atoms with Crippen LogP contribution in [-0.4, -0.2) is 21.3 Å². The summed E-state index contributed by atoms with van der Waals surface area (Å²) in [6.45, 7) is 7.46. The second-order valence-electron chi connectivity index (χ2n) is 4.63. The molecule has 1 N–H and O–H groups in total. The lowest BCUT2D eigenvalue weighted by Crippen LogP contribution is -2.21. The minimum Gasteiger partial charge on any atom is -0.310 e. The third-order valence-corrected chi connectivity index (χ3v) is 3.97. The van der Waals surface area contributed by atoms with Gasteiger partial charge in [0.15, 0.2) is 5.82 Å². The van der Waals surface area contributed by atoms with E-state index in [-0.39, 0.29) is 0 Å². The second kappa shape index (κ2) is 5.63. The highest BCUT2D eigenvalue weighted by atomic mass is 32.1. The van der Waals surface area contributed by atoms with E-state index >= 15 is 0 Å². The van der Waals surface area contributed by atoms with Crippen LogP contribution in [0.5, 0.6) is 0 Å². The summed E-state index contributed by atoms with van der Waals surface area (Å²) in [4.78, 5) is 7.00. The summed E-state index contributed by atoms with van der Waals surface area (Å²) in [5.41, 5.74) is 1.41. The van der Waals surface area contributed by atoms with Gasteiger partial charge in [0.2, 0.25) is 0 Å². The molecule has 0 spiro atoms. The van der Waals surface area contributed by atoms with E-state index in [0.717, 1.165) is 18.8 Å². The molecule has 0 aliphatic carbocycles. The third kappa shape index (κ3) is 3.17. The molecule has 1 atom stereocenters. The standard InChI is InChI=1S/C13H20N4S/c1-9-7-12(11(3)18-9)10(2)14-6-5-13-15-8-17(4)16-13/h7-8,10,14H,5-6H2,1-4H3. The maximum Gasteiger partial charge on any atom is 0.151 e. The van der Waals surface area contributed by atoms with Crippen LogP contribution in [0.2, 0.25) is 0 Å². The number of nitrogens with one attached hydrogen (secondary N) is 1. The zero-order chi connectivity index (χ0) is 13.1. The van der Waals surface area contributed by atoms with E-state index < -0.39 is 0 Å². The maximum absolute atomic E-state index is 4.27. The Hall–Kier alpha value is -1.20. The number of hydrogen-bond donors (Lipinski definition) is 1. The molecule has 0 saturated carbocycles. The average Bonchev–Trinajstić information content (AvgIpc) is 2.85. The molecule has 2 rings (SSSR count). The first kappa shape index (κ1) is 13.2. The molecule has 0 radical (unpaired) electrons. The molecule has 5 heteroatoms. The van der Waals surface area contributed by atoms with E-state index in [9.17, 15) is 0 Å². The van der Waals surface area contributed by atoms with Crippen molar-refractivity contribution in [3.63, 3.8) is 0 Å². The smallest absolute Gasteiger partial charge is 0.151 e. The fourth-order valence-corrected chi connectivity index (χ4v) is 3.11. The summed E-state index contributed by atoms with van der Waals surface area (Å²) in [5, 5.41) is 7.80. The van der Waals surface area contributed by atoms with Gasteiger partial charge in [-0.25, -0.2) is 4.98 Å². The van der Waals surface area contributed by atoms with E-state index in [1.807, 2.05) is 18.4 Å². The van der Waals surface area contributed by atoms with E-state index in [1.54, 1.807) is 11.0 Å². The summed E-state index contributed by atoms with van der Waals surface area (Å²) in [5.74, 6) is 0.899. The summed E-state index contributed by atoms with van der Waals surface area (Å²) < 4.78 is 1.74. The lowest BCUT2D eigenvalue weighted by atomic mass is 10.1. The molecule has 2 aromatic heterocycles. The molecule has 0 aliphatic rings. The fraction of sp³-hybridized carbons (Fsp3) is 0.538. The van der Waals surface area contributed by atoms with Crippen LogP contribution in [0.3, 0.4) is 0 Å². The van der Waals surface area contributed by atoms with Gasteiger partial charge in [-0.15, -0.1) is 11.3 Å². The lowest BCUT2D eigenvalue weighted by Gasteiger charge is -2.12. The Morgan fingerprint density at radius 2 is 2.22 bits per heavy atom. The van der Waals surface area contributed by atoms with Gasteiger partial charge in [0, 0.05) is 35.8 Å². The molecule has 0 aromatic carbocycles. The number of hydrogen-bond acceptors (Lipinski definition) is 4. The van der Waals surface area contributed by atoms with Crippen molar-refractivity contribution in [1.82, 2.24) is 20.1 Å². The van der Waals surface area contributed by atoms with Gasteiger partial charge < -0.3 is 5.32 Å². The Bertz CT molecular complexity index is 515. The van der Waals surface area contributed by atoms with Gasteiger partial charge in [0.25, 0.3) is 0 Å². The topological polar surface area (TPSA) is 42.7 Å². The van der Waals surface area contributed by atoms with Gasteiger partial charge in [-0.2, -0.15) is 5.10 Å². The lowest BCUT2D eigenvalue weighted by molar-refractivity contribution is 0.568. The van der Waals surface area contributed by atoms with Crippen LogP contribution in [0.4, 0.5) is 0 Å². The molecule has 98 valence electrons. The van der Waals surface area contributed by atoms with Gasteiger partial charge in [-0.05, 0) is 32.4 Å².